The van der Waals surface area contributed by atoms with Crippen molar-refractivity contribution >= 4 is 49.6 Å². The van der Waals surface area contributed by atoms with Crippen LogP contribution in [0.1, 0.15) is 5.56 Å². The molecule has 0 radical (unpaired) electrons. The number of anilines is 1. The zero-order valence-corrected chi connectivity index (χ0v) is 18.2. The van der Waals surface area contributed by atoms with Gasteiger partial charge in [0.1, 0.15) is 5.69 Å². The van der Waals surface area contributed by atoms with E-state index in [0.717, 1.165) is 11.6 Å². The van der Waals surface area contributed by atoms with Crippen molar-refractivity contribution in [3.63, 3.8) is 0 Å². The lowest BCUT2D eigenvalue weighted by Gasteiger charge is -2.26. The molecule has 1 aliphatic heterocycles. The van der Waals surface area contributed by atoms with Gasteiger partial charge in [0, 0.05) is 23.6 Å². The van der Waals surface area contributed by atoms with E-state index in [1.54, 1.807) is 0 Å². The summed E-state index contributed by atoms with van der Waals surface area (Å²) in [5, 5.41) is 15.5. The predicted molar refractivity (Wildman–Crippen MR) is 118 cm³/mol. The molecule has 158 valence electrons. The Balaban J connectivity index is 1.79. The first-order valence-corrected chi connectivity index (χ1v) is 11.2. The maximum Gasteiger partial charge on any atom is 0.295 e. The number of nitro groups is 1. The summed E-state index contributed by atoms with van der Waals surface area (Å²) >= 11 is 3.36. The summed E-state index contributed by atoms with van der Waals surface area (Å²) in [6, 6.07) is 13.2. The van der Waals surface area contributed by atoms with E-state index in [-0.39, 0.29) is 29.4 Å². The summed E-state index contributed by atoms with van der Waals surface area (Å²) in [7, 11) is -3.84. The molecular formula is C19H19BrN4O5S. The SMILES string of the molecule is O=[N+]([O-])c1cc(S(=O)(=O)N2CCOCC2)ccc1N/N=C/C(Br)=C/c1ccccc1. The summed E-state index contributed by atoms with van der Waals surface area (Å²) in [6.45, 7) is 1.01. The molecule has 0 spiro atoms. The van der Waals surface area contributed by atoms with Crippen molar-refractivity contribution in [2.75, 3.05) is 31.7 Å². The second-order valence-corrected chi connectivity index (χ2v) is 9.12. The fourth-order valence-electron chi connectivity index (χ4n) is 2.76. The van der Waals surface area contributed by atoms with Crippen LogP contribution in [0.3, 0.4) is 0 Å². The molecule has 0 unspecified atom stereocenters. The smallest absolute Gasteiger partial charge is 0.295 e. The summed E-state index contributed by atoms with van der Waals surface area (Å²) in [4.78, 5) is 10.7. The highest BCUT2D eigenvalue weighted by atomic mass is 79.9. The van der Waals surface area contributed by atoms with Gasteiger partial charge in [-0.2, -0.15) is 9.41 Å². The number of nitro benzene ring substituents is 1. The number of halogens is 1. The van der Waals surface area contributed by atoms with E-state index in [4.69, 9.17) is 4.74 Å². The van der Waals surface area contributed by atoms with E-state index < -0.39 is 14.9 Å². The second-order valence-electron chi connectivity index (χ2n) is 6.26. The molecule has 1 aliphatic rings. The minimum atomic E-state index is -3.84. The van der Waals surface area contributed by atoms with E-state index in [1.165, 1.54) is 22.7 Å². The van der Waals surface area contributed by atoms with E-state index in [1.807, 2.05) is 36.4 Å². The Labute approximate surface area is 182 Å². The van der Waals surface area contributed by atoms with E-state index in [2.05, 4.69) is 26.5 Å². The molecule has 0 aliphatic carbocycles. The molecule has 11 heteroatoms. The zero-order chi connectivity index (χ0) is 21.6. The Hall–Kier alpha value is -2.60. The van der Waals surface area contributed by atoms with Gasteiger partial charge in [0.05, 0.1) is 29.2 Å². The average Bonchev–Trinajstić information content (AvgIpc) is 2.75. The van der Waals surface area contributed by atoms with Crippen LogP contribution in [0.5, 0.6) is 0 Å². The minimum Gasteiger partial charge on any atom is -0.379 e. The number of hydrogen-bond donors (Lipinski definition) is 1. The largest absolute Gasteiger partial charge is 0.379 e. The molecule has 1 N–H and O–H groups in total. The Kier molecular flexibility index (Phi) is 7.32. The molecule has 30 heavy (non-hydrogen) atoms. The van der Waals surface area contributed by atoms with Gasteiger partial charge in [0.15, 0.2) is 0 Å². The number of sulfonamides is 1. The summed E-state index contributed by atoms with van der Waals surface area (Å²) in [5.41, 5.74) is 3.25. The van der Waals surface area contributed by atoms with Crippen molar-refractivity contribution in [1.29, 1.82) is 0 Å². The lowest BCUT2D eigenvalue weighted by Crippen LogP contribution is -2.40. The number of allylic oxidation sites excluding steroid dienone is 1. The highest BCUT2D eigenvalue weighted by Gasteiger charge is 2.28. The van der Waals surface area contributed by atoms with Crippen LogP contribution in [0, 0.1) is 10.1 Å². The van der Waals surface area contributed by atoms with Crippen molar-refractivity contribution in [2.24, 2.45) is 5.10 Å². The topological polar surface area (TPSA) is 114 Å². The normalized spacial score (nSPS) is 16.0. The highest BCUT2D eigenvalue weighted by Crippen LogP contribution is 2.29. The number of nitrogens with zero attached hydrogens (tertiary/aromatic N) is 3. The molecule has 2 aromatic carbocycles. The number of ether oxygens (including phenoxy) is 1. The maximum absolute atomic E-state index is 12.7. The minimum absolute atomic E-state index is 0.0807. The highest BCUT2D eigenvalue weighted by molar-refractivity contribution is 9.12. The molecular weight excluding hydrogens is 476 g/mol. The van der Waals surface area contributed by atoms with Crippen LogP contribution in [0.25, 0.3) is 6.08 Å². The Morgan fingerprint density at radius 3 is 2.57 bits per heavy atom. The van der Waals surface area contributed by atoms with E-state index >= 15 is 0 Å². The third kappa shape index (κ3) is 5.51. The van der Waals surface area contributed by atoms with E-state index in [9.17, 15) is 18.5 Å². The number of morpholine rings is 1. The lowest BCUT2D eigenvalue weighted by atomic mass is 10.2. The number of hydrogen-bond acceptors (Lipinski definition) is 7. The Morgan fingerprint density at radius 2 is 1.90 bits per heavy atom. The molecule has 0 bridgehead atoms. The number of benzene rings is 2. The number of rotatable bonds is 7. The maximum atomic E-state index is 12.7. The molecule has 2 aromatic rings. The molecule has 1 saturated heterocycles. The number of nitrogens with one attached hydrogen (secondary N) is 1. The van der Waals surface area contributed by atoms with Gasteiger partial charge < -0.3 is 4.74 Å². The molecule has 0 amide bonds. The van der Waals surface area contributed by atoms with Gasteiger partial charge in [-0.3, -0.25) is 15.5 Å². The summed E-state index contributed by atoms with van der Waals surface area (Å²) < 4.78 is 32.5. The van der Waals surface area contributed by atoms with Gasteiger partial charge in [0.25, 0.3) is 5.69 Å². The summed E-state index contributed by atoms with van der Waals surface area (Å²) in [6.07, 6.45) is 3.28. The molecule has 0 aromatic heterocycles. The van der Waals surface area contributed by atoms with Crippen LogP contribution < -0.4 is 5.43 Å². The lowest BCUT2D eigenvalue weighted by molar-refractivity contribution is -0.384. The average molecular weight is 495 g/mol. The van der Waals surface area contributed by atoms with Gasteiger partial charge in [-0.05, 0) is 39.7 Å². The third-order valence-corrected chi connectivity index (χ3v) is 6.58. The number of hydrazone groups is 1. The fourth-order valence-corrected chi connectivity index (χ4v) is 4.56. The first-order valence-electron chi connectivity index (χ1n) is 8.95. The molecule has 3 rings (SSSR count). The molecule has 0 atom stereocenters. The van der Waals surface area contributed by atoms with Crippen LogP contribution in [-0.2, 0) is 14.8 Å². The predicted octanol–water partition coefficient (Wildman–Crippen LogP) is 3.45. The zero-order valence-electron chi connectivity index (χ0n) is 15.8. The Morgan fingerprint density at radius 1 is 1.20 bits per heavy atom. The van der Waals surface area contributed by atoms with Crippen molar-refractivity contribution in [2.45, 2.75) is 4.90 Å². The quantitative estimate of drug-likeness (QED) is 0.358. The van der Waals surface area contributed by atoms with Crippen molar-refractivity contribution in [3.05, 3.63) is 68.7 Å². The van der Waals surface area contributed by atoms with Crippen molar-refractivity contribution < 1.29 is 18.1 Å². The Bertz CT molecular complexity index is 1070. The van der Waals surface area contributed by atoms with Gasteiger partial charge in [-0.25, -0.2) is 8.42 Å². The second kappa shape index (κ2) is 9.94. The van der Waals surface area contributed by atoms with E-state index in [0.29, 0.717) is 17.7 Å². The standard InChI is InChI=1S/C19H19BrN4O5S/c20-16(12-15-4-2-1-3-5-15)14-21-22-18-7-6-17(13-19(18)24(25)26)30(27,28)23-8-10-29-11-9-23/h1-7,12-14,22H,8-11H2/b16-12-,21-14+. The summed E-state index contributed by atoms with van der Waals surface area (Å²) in [5.74, 6) is 0. The first kappa shape index (κ1) is 22.1. The van der Waals surface area contributed by atoms with Crippen LogP contribution in [0.2, 0.25) is 0 Å². The van der Waals surface area contributed by atoms with Gasteiger partial charge >= 0.3 is 0 Å². The van der Waals surface area contributed by atoms with Crippen molar-refractivity contribution in [1.82, 2.24) is 4.31 Å². The molecule has 1 heterocycles. The fraction of sp³-hybridized carbons (Fsp3) is 0.211. The van der Waals surface area contributed by atoms with Crippen LogP contribution >= 0.6 is 15.9 Å². The van der Waals surface area contributed by atoms with Crippen molar-refractivity contribution in [3.8, 4) is 0 Å². The first-order chi connectivity index (χ1) is 14.4. The molecule has 1 fully saturated rings. The molecule has 0 saturated carbocycles. The third-order valence-electron chi connectivity index (χ3n) is 4.25. The van der Waals surface area contributed by atoms with Crippen LogP contribution in [-0.4, -0.2) is 50.2 Å². The molecule has 9 nitrogen and oxygen atoms in total. The monoisotopic (exact) mass is 494 g/mol. The van der Waals surface area contributed by atoms with Gasteiger partial charge in [0.2, 0.25) is 10.0 Å². The van der Waals surface area contributed by atoms with Crippen LogP contribution in [0.4, 0.5) is 11.4 Å². The van der Waals surface area contributed by atoms with Gasteiger partial charge in [-0.1, -0.05) is 30.3 Å². The van der Waals surface area contributed by atoms with Gasteiger partial charge in [-0.15, -0.1) is 0 Å². The van der Waals surface area contributed by atoms with Crippen LogP contribution in [0.15, 0.2) is 63.0 Å².